The summed E-state index contributed by atoms with van der Waals surface area (Å²) in [6, 6.07) is 6.41. The number of nitro groups is 1. The van der Waals surface area contributed by atoms with Crippen molar-refractivity contribution in [1.82, 2.24) is 0 Å². The van der Waals surface area contributed by atoms with E-state index in [1.54, 1.807) is 0 Å². The molecule has 1 amide bonds. The van der Waals surface area contributed by atoms with Crippen LogP contribution in [0.5, 0.6) is 0 Å². The van der Waals surface area contributed by atoms with Crippen LogP contribution in [0.25, 0.3) is 0 Å². The Kier molecular flexibility index (Phi) is 9.10. The van der Waals surface area contributed by atoms with Crippen LogP contribution in [0.4, 0.5) is 55.3 Å². The standard InChI is InChI=1S/C18H10F10N2O3S3/c19-15(20,16(21,22)23)17(24,25)36-12-4-2-1-3-10(12)29-14(31)8-34-13-6-5-9(35-18(26,27)28)7-11(13)30(32)33/h1-7H,8H2,(H,29,31). The average molecular weight is 588 g/mol. The molecule has 0 unspecified atom stereocenters. The lowest BCUT2D eigenvalue weighted by Gasteiger charge is -2.28. The van der Waals surface area contributed by atoms with E-state index >= 15 is 0 Å². The van der Waals surface area contributed by atoms with Crippen molar-refractivity contribution in [2.24, 2.45) is 0 Å². The fraction of sp³-hybridized carbons (Fsp3) is 0.278. The van der Waals surface area contributed by atoms with Gasteiger partial charge in [0.05, 0.1) is 21.3 Å². The number of rotatable bonds is 9. The lowest BCUT2D eigenvalue weighted by molar-refractivity contribution is -0.387. The molecule has 2 aromatic rings. The van der Waals surface area contributed by atoms with E-state index in [0.717, 1.165) is 36.4 Å². The van der Waals surface area contributed by atoms with E-state index in [1.807, 2.05) is 5.32 Å². The minimum Gasteiger partial charge on any atom is -0.324 e. The Balaban J connectivity index is 2.16. The molecule has 2 rings (SSSR count). The van der Waals surface area contributed by atoms with Gasteiger partial charge in [0.1, 0.15) is 0 Å². The van der Waals surface area contributed by atoms with E-state index in [0.29, 0.717) is 17.8 Å². The molecule has 2 aromatic carbocycles. The monoisotopic (exact) mass is 588 g/mol. The van der Waals surface area contributed by atoms with Crippen molar-refractivity contribution in [2.75, 3.05) is 11.1 Å². The Bertz CT molecular complexity index is 1130. The molecular weight excluding hydrogens is 578 g/mol. The maximum atomic E-state index is 13.8. The lowest BCUT2D eigenvalue weighted by atomic mass is 10.3. The van der Waals surface area contributed by atoms with Gasteiger partial charge in [-0.2, -0.15) is 43.9 Å². The van der Waals surface area contributed by atoms with Gasteiger partial charge in [0.15, 0.2) is 0 Å². The number of benzene rings is 2. The van der Waals surface area contributed by atoms with Gasteiger partial charge in [-0.05, 0) is 47.8 Å². The number of halogens is 10. The second-order valence-electron chi connectivity index (χ2n) is 6.46. The molecule has 198 valence electrons. The Labute approximate surface area is 207 Å². The largest absolute Gasteiger partial charge is 0.460 e. The number of nitrogens with zero attached hydrogens (tertiary/aromatic N) is 1. The number of carbonyl (C=O) groups excluding carboxylic acids is 1. The third-order valence-corrected chi connectivity index (χ3v) is 6.71. The predicted molar refractivity (Wildman–Crippen MR) is 113 cm³/mol. The van der Waals surface area contributed by atoms with Gasteiger partial charge in [0.2, 0.25) is 5.91 Å². The van der Waals surface area contributed by atoms with Crippen molar-refractivity contribution < 1.29 is 53.6 Å². The van der Waals surface area contributed by atoms with Crippen LogP contribution in [0, 0.1) is 10.1 Å². The normalized spacial score (nSPS) is 12.9. The molecular formula is C18H10F10N2O3S3. The zero-order valence-corrected chi connectivity index (χ0v) is 19.4. The maximum Gasteiger partial charge on any atom is 0.460 e. The second-order valence-corrected chi connectivity index (χ2v) is 9.77. The van der Waals surface area contributed by atoms with E-state index in [1.165, 1.54) is 0 Å². The van der Waals surface area contributed by atoms with Crippen LogP contribution in [0.15, 0.2) is 57.2 Å². The summed E-state index contributed by atoms with van der Waals surface area (Å²) in [5, 5.41) is 7.57. The molecule has 0 spiro atoms. The number of nitro benzene ring substituents is 1. The highest BCUT2D eigenvalue weighted by Crippen LogP contribution is 2.54. The molecule has 18 heteroatoms. The van der Waals surface area contributed by atoms with Crippen molar-refractivity contribution >= 4 is 52.6 Å². The number of alkyl halides is 10. The number of amides is 1. The predicted octanol–water partition coefficient (Wildman–Crippen LogP) is 7.82. The van der Waals surface area contributed by atoms with E-state index in [2.05, 4.69) is 0 Å². The van der Waals surface area contributed by atoms with Gasteiger partial charge in [0.25, 0.3) is 5.69 Å². The van der Waals surface area contributed by atoms with Crippen LogP contribution in [0.1, 0.15) is 0 Å². The van der Waals surface area contributed by atoms with Gasteiger partial charge in [-0.3, -0.25) is 14.9 Å². The molecule has 0 aliphatic heterocycles. The summed E-state index contributed by atoms with van der Waals surface area (Å²) in [6.07, 6.45) is -6.55. The van der Waals surface area contributed by atoms with Crippen molar-refractivity contribution in [1.29, 1.82) is 0 Å². The quantitative estimate of drug-likeness (QED) is 0.139. The van der Waals surface area contributed by atoms with Gasteiger partial charge < -0.3 is 5.32 Å². The van der Waals surface area contributed by atoms with Gasteiger partial charge >= 0.3 is 22.9 Å². The SMILES string of the molecule is O=C(CSc1ccc(SC(F)(F)F)cc1[N+](=O)[O-])Nc1ccccc1SC(F)(F)C(F)(F)C(F)(F)F. The fourth-order valence-corrected chi connectivity index (χ4v) is 4.59. The number of nitrogens with one attached hydrogen (secondary N) is 1. The molecule has 0 aliphatic carbocycles. The van der Waals surface area contributed by atoms with Crippen molar-refractivity contribution in [3.05, 3.63) is 52.6 Å². The van der Waals surface area contributed by atoms with E-state index in [-0.39, 0.29) is 4.90 Å². The van der Waals surface area contributed by atoms with Gasteiger partial charge in [-0.1, -0.05) is 12.1 Å². The molecule has 0 fully saturated rings. The second kappa shape index (κ2) is 11.0. The number of thioether (sulfide) groups is 3. The van der Waals surface area contributed by atoms with Gasteiger partial charge in [0, 0.05) is 15.9 Å². The molecule has 0 aliphatic rings. The highest BCUT2D eigenvalue weighted by atomic mass is 32.2. The molecule has 0 bridgehead atoms. The highest BCUT2D eigenvalue weighted by molar-refractivity contribution is 8.01. The Morgan fingerprint density at radius 2 is 1.50 bits per heavy atom. The summed E-state index contributed by atoms with van der Waals surface area (Å²) in [5.74, 6) is -8.07. The summed E-state index contributed by atoms with van der Waals surface area (Å²) in [5.41, 5.74) is -6.02. The average Bonchev–Trinajstić information content (AvgIpc) is 2.71. The first-order valence-corrected chi connectivity index (χ1v) is 11.5. The third-order valence-electron chi connectivity index (χ3n) is 3.84. The number of carbonyl (C=O) groups is 1. The zero-order chi connectivity index (χ0) is 27.5. The highest BCUT2D eigenvalue weighted by Gasteiger charge is 2.73. The molecule has 1 N–H and O–H groups in total. The van der Waals surface area contributed by atoms with Crippen molar-refractivity contribution in [3.8, 4) is 0 Å². The fourth-order valence-electron chi connectivity index (χ4n) is 2.31. The van der Waals surface area contributed by atoms with E-state index in [9.17, 15) is 58.8 Å². The van der Waals surface area contributed by atoms with Crippen molar-refractivity contribution in [3.63, 3.8) is 0 Å². The van der Waals surface area contributed by atoms with Gasteiger partial charge in [-0.15, -0.1) is 11.8 Å². The Morgan fingerprint density at radius 3 is 2.06 bits per heavy atom. The van der Waals surface area contributed by atoms with E-state index in [4.69, 9.17) is 0 Å². The first-order chi connectivity index (χ1) is 16.3. The molecule has 36 heavy (non-hydrogen) atoms. The number of anilines is 1. The molecule has 5 nitrogen and oxygen atoms in total. The molecule has 0 atom stereocenters. The van der Waals surface area contributed by atoms with Gasteiger partial charge in [-0.25, -0.2) is 0 Å². The Hall–Kier alpha value is -2.34. The first-order valence-electron chi connectivity index (χ1n) is 8.91. The van der Waals surface area contributed by atoms with Crippen LogP contribution in [-0.4, -0.2) is 39.4 Å². The van der Waals surface area contributed by atoms with Crippen molar-refractivity contribution in [2.45, 2.75) is 37.5 Å². The first kappa shape index (κ1) is 29.9. The number of para-hydroxylation sites is 1. The van der Waals surface area contributed by atoms with Crippen LogP contribution in [0.3, 0.4) is 0 Å². The summed E-state index contributed by atoms with van der Waals surface area (Å²) in [4.78, 5) is 20.9. The summed E-state index contributed by atoms with van der Waals surface area (Å²) in [6.45, 7) is 0. The minimum atomic E-state index is -6.55. The minimum absolute atomic E-state index is 0.222. The molecule has 0 aromatic heterocycles. The van der Waals surface area contributed by atoms with Crippen LogP contribution in [-0.2, 0) is 4.79 Å². The maximum absolute atomic E-state index is 13.8. The van der Waals surface area contributed by atoms with Crippen LogP contribution < -0.4 is 5.32 Å². The number of hydrogen-bond donors (Lipinski definition) is 1. The number of hydrogen-bond acceptors (Lipinski definition) is 6. The Morgan fingerprint density at radius 1 is 0.889 bits per heavy atom. The summed E-state index contributed by atoms with van der Waals surface area (Å²) in [7, 11) is 0. The molecule has 0 heterocycles. The topological polar surface area (TPSA) is 72.2 Å². The molecule has 0 radical (unpaired) electrons. The van der Waals surface area contributed by atoms with E-state index < -0.39 is 84.1 Å². The zero-order valence-electron chi connectivity index (χ0n) is 16.9. The third kappa shape index (κ3) is 7.58. The molecule has 0 saturated heterocycles. The molecule has 0 saturated carbocycles. The van der Waals surface area contributed by atoms with Crippen LogP contribution >= 0.6 is 35.3 Å². The summed E-state index contributed by atoms with van der Waals surface area (Å²) >= 11 is -1.25. The summed E-state index contributed by atoms with van der Waals surface area (Å²) < 4.78 is 129. The lowest BCUT2D eigenvalue weighted by Crippen LogP contribution is -2.49. The van der Waals surface area contributed by atoms with Crippen LogP contribution in [0.2, 0.25) is 0 Å². The smallest absolute Gasteiger partial charge is 0.324 e.